The summed E-state index contributed by atoms with van der Waals surface area (Å²) in [7, 11) is 3.38. The third-order valence-electron chi connectivity index (χ3n) is 5.24. The fourth-order valence-electron chi connectivity index (χ4n) is 3.59. The Morgan fingerprint density at radius 1 is 1.07 bits per heavy atom. The van der Waals surface area contributed by atoms with Crippen LogP contribution in [0.5, 0.6) is 5.75 Å². The van der Waals surface area contributed by atoms with Crippen LogP contribution in [0.25, 0.3) is 0 Å². The third kappa shape index (κ3) is 4.65. The summed E-state index contributed by atoms with van der Waals surface area (Å²) in [6.07, 6.45) is 5.75. The number of hydrogen-bond acceptors (Lipinski definition) is 3. The Hall–Kier alpha value is -2.53. The minimum absolute atomic E-state index is 0.0151. The molecular formula is C22H25ClN2O3. The van der Waals surface area contributed by atoms with Gasteiger partial charge in [0.1, 0.15) is 5.75 Å². The van der Waals surface area contributed by atoms with E-state index in [1.54, 1.807) is 42.5 Å². The van der Waals surface area contributed by atoms with Crippen molar-refractivity contribution in [1.82, 2.24) is 4.90 Å². The highest BCUT2D eigenvalue weighted by Crippen LogP contribution is 2.25. The van der Waals surface area contributed by atoms with Crippen molar-refractivity contribution in [2.24, 2.45) is 0 Å². The number of hydrogen-bond donors (Lipinski definition) is 1. The second kappa shape index (κ2) is 9.11. The molecule has 1 saturated carbocycles. The van der Waals surface area contributed by atoms with E-state index < -0.39 is 0 Å². The lowest BCUT2D eigenvalue weighted by Gasteiger charge is -2.31. The molecule has 148 valence electrons. The average molecular weight is 401 g/mol. The SMILES string of the molecule is COc1ccc(Cl)cc1C(=O)Nc1ccc(C(=O)N(C)C2CCCCC2)cc1. The first-order chi connectivity index (χ1) is 13.5. The number of methoxy groups -OCH3 is 1. The summed E-state index contributed by atoms with van der Waals surface area (Å²) >= 11 is 5.99. The maximum atomic E-state index is 12.7. The number of halogens is 1. The van der Waals surface area contributed by atoms with Crippen LogP contribution in [0, 0.1) is 0 Å². The summed E-state index contributed by atoms with van der Waals surface area (Å²) in [5.74, 6) is 0.141. The molecule has 28 heavy (non-hydrogen) atoms. The molecule has 1 N–H and O–H groups in total. The van der Waals surface area contributed by atoms with E-state index in [9.17, 15) is 9.59 Å². The Bertz CT molecular complexity index is 845. The van der Waals surface area contributed by atoms with Gasteiger partial charge in [0.15, 0.2) is 0 Å². The number of benzene rings is 2. The molecule has 0 radical (unpaired) electrons. The van der Waals surface area contributed by atoms with Gasteiger partial charge in [0.05, 0.1) is 12.7 Å². The van der Waals surface area contributed by atoms with Gasteiger partial charge in [-0.3, -0.25) is 9.59 Å². The summed E-state index contributed by atoms with van der Waals surface area (Å²) < 4.78 is 5.22. The van der Waals surface area contributed by atoms with Crippen molar-refractivity contribution in [2.45, 2.75) is 38.1 Å². The molecule has 0 bridgehead atoms. The van der Waals surface area contributed by atoms with Gasteiger partial charge in [-0.15, -0.1) is 0 Å². The van der Waals surface area contributed by atoms with Crippen molar-refractivity contribution in [3.8, 4) is 5.75 Å². The summed E-state index contributed by atoms with van der Waals surface area (Å²) in [4.78, 5) is 27.1. The molecule has 0 spiro atoms. The van der Waals surface area contributed by atoms with Crippen molar-refractivity contribution in [2.75, 3.05) is 19.5 Å². The number of anilines is 1. The number of amides is 2. The molecule has 1 fully saturated rings. The lowest BCUT2D eigenvalue weighted by molar-refractivity contribution is 0.0696. The Labute approximate surface area is 170 Å². The highest BCUT2D eigenvalue weighted by Gasteiger charge is 2.23. The highest BCUT2D eigenvalue weighted by molar-refractivity contribution is 6.31. The molecule has 0 saturated heterocycles. The van der Waals surface area contributed by atoms with E-state index in [4.69, 9.17) is 16.3 Å². The molecule has 0 unspecified atom stereocenters. The smallest absolute Gasteiger partial charge is 0.259 e. The van der Waals surface area contributed by atoms with Crippen molar-refractivity contribution in [3.05, 3.63) is 58.6 Å². The summed E-state index contributed by atoms with van der Waals surface area (Å²) in [5.41, 5.74) is 1.57. The first kappa shape index (κ1) is 20.2. The van der Waals surface area contributed by atoms with Gasteiger partial charge in [-0.2, -0.15) is 0 Å². The second-order valence-electron chi connectivity index (χ2n) is 7.08. The van der Waals surface area contributed by atoms with Crippen molar-refractivity contribution < 1.29 is 14.3 Å². The zero-order valence-electron chi connectivity index (χ0n) is 16.2. The standard InChI is InChI=1S/C22H25ClN2O3/c1-25(18-6-4-3-5-7-18)22(27)15-8-11-17(12-9-15)24-21(26)19-14-16(23)10-13-20(19)28-2/h8-14,18H,3-7H2,1-2H3,(H,24,26). The second-order valence-corrected chi connectivity index (χ2v) is 7.52. The first-order valence-electron chi connectivity index (χ1n) is 9.51. The van der Waals surface area contributed by atoms with E-state index in [2.05, 4.69) is 5.32 Å². The number of rotatable bonds is 5. The Morgan fingerprint density at radius 2 is 1.75 bits per heavy atom. The molecule has 2 aromatic rings. The number of nitrogens with zero attached hydrogens (tertiary/aromatic N) is 1. The molecule has 6 heteroatoms. The Morgan fingerprint density at radius 3 is 2.39 bits per heavy atom. The van der Waals surface area contributed by atoms with Gasteiger partial charge in [0, 0.05) is 29.4 Å². The molecule has 1 aliphatic rings. The van der Waals surface area contributed by atoms with E-state index in [0.717, 1.165) is 12.8 Å². The zero-order chi connectivity index (χ0) is 20.1. The number of carbonyl (C=O) groups excluding carboxylic acids is 2. The van der Waals surface area contributed by atoms with Crippen LogP contribution >= 0.6 is 11.6 Å². The van der Waals surface area contributed by atoms with Gasteiger partial charge in [0.25, 0.3) is 11.8 Å². The van der Waals surface area contributed by atoms with Gasteiger partial charge in [-0.1, -0.05) is 30.9 Å². The average Bonchev–Trinajstić information content (AvgIpc) is 2.73. The molecule has 5 nitrogen and oxygen atoms in total. The van der Waals surface area contributed by atoms with Crippen LogP contribution in [-0.2, 0) is 0 Å². The fourth-order valence-corrected chi connectivity index (χ4v) is 3.76. The molecule has 0 heterocycles. The van der Waals surface area contributed by atoms with Crippen molar-refractivity contribution in [3.63, 3.8) is 0 Å². The van der Waals surface area contributed by atoms with Gasteiger partial charge >= 0.3 is 0 Å². The molecule has 3 rings (SSSR count). The minimum Gasteiger partial charge on any atom is -0.496 e. The van der Waals surface area contributed by atoms with E-state index in [1.165, 1.54) is 26.4 Å². The van der Waals surface area contributed by atoms with Crippen LogP contribution in [0.1, 0.15) is 52.8 Å². The van der Waals surface area contributed by atoms with Gasteiger partial charge in [-0.05, 0) is 55.3 Å². The van der Waals surface area contributed by atoms with Gasteiger partial charge in [-0.25, -0.2) is 0 Å². The van der Waals surface area contributed by atoms with Crippen LogP contribution in [0.3, 0.4) is 0 Å². The lowest BCUT2D eigenvalue weighted by atomic mass is 9.94. The molecule has 0 aliphatic heterocycles. The minimum atomic E-state index is -0.322. The normalized spacial score (nSPS) is 14.4. The van der Waals surface area contributed by atoms with Gasteiger partial charge in [0.2, 0.25) is 0 Å². The summed E-state index contributed by atoms with van der Waals surface area (Å²) in [6, 6.07) is 12.1. The van der Waals surface area contributed by atoms with E-state index in [1.807, 2.05) is 11.9 Å². The Balaban J connectivity index is 1.68. The van der Waals surface area contributed by atoms with Crippen LogP contribution in [0.15, 0.2) is 42.5 Å². The summed E-state index contributed by atoms with van der Waals surface area (Å²) in [6.45, 7) is 0. The van der Waals surface area contributed by atoms with E-state index >= 15 is 0 Å². The van der Waals surface area contributed by atoms with Crippen LogP contribution in [0.4, 0.5) is 5.69 Å². The molecule has 2 amide bonds. The highest BCUT2D eigenvalue weighted by atomic mass is 35.5. The molecule has 1 aliphatic carbocycles. The number of ether oxygens (including phenoxy) is 1. The predicted octanol–water partition coefficient (Wildman–Crippen LogP) is 5.01. The first-order valence-corrected chi connectivity index (χ1v) is 9.89. The predicted molar refractivity (Wildman–Crippen MR) is 111 cm³/mol. The van der Waals surface area contributed by atoms with Gasteiger partial charge < -0.3 is 15.0 Å². The fraction of sp³-hybridized carbons (Fsp3) is 0.364. The quantitative estimate of drug-likeness (QED) is 0.767. The zero-order valence-corrected chi connectivity index (χ0v) is 17.0. The topological polar surface area (TPSA) is 58.6 Å². The Kier molecular flexibility index (Phi) is 6.57. The third-order valence-corrected chi connectivity index (χ3v) is 5.47. The lowest BCUT2D eigenvalue weighted by Crippen LogP contribution is -2.38. The largest absolute Gasteiger partial charge is 0.496 e. The molecular weight excluding hydrogens is 376 g/mol. The maximum absolute atomic E-state index is 12.7. The van der Waals surface area contributed by atoms with Crippen LogP contribution < -0.4 is 10.1 Å². The number of carbonyl (C=O) groups is 2. The summed E-state index contributed by atoms with van der Waals surface area (Å²) in [5, 5.41) is 3.27. The maximum Gasteiger partial charge on any atom is 0.259 e. The van der Waals surface area contributed by atoms with Crippen molar-refractivity contribution in [1.29, 1.82) is 0 Å². The number of nitrogens with one attached hydrogen (secondary N) is 1. The van der Waals surface area contributed by atoms with Crippen LogP contribution in [0.2, 0.25) is 5.02 Å². The molecule has 0 atom stereocenters. The molecule has 2 aromatic carbocycles. The molecule has 0 aromatic heterocycles. The van der Waals surface area contributed by atoms with Crippen LogP contribution in [-0.4, -0.2) is 36.9 Å². The monoisotopic (exact) mass is 400 g/mol. The van der Waals surface area contributed by atoms with E-state index in [0.29, 0.717) is 33.6 Å². The van der Waals surface area contributed by atoms with Crippen molar-refractivity contribution >= 4 is 29.1 Å². The van der Waals surface area contributed by atoms with E-state index in [-0.39, 0.29) is 11.8 Å².